The lowest BCUT2D eigenvalue weighted by Crippen LogP contribution is -2.22. The van der Waals surface area contributed by atoms with Gasteiger partial charge in [-0.15, -0.1) is 0 Å². The summed E-state index contributed by atoms with van der Waals surface area (Å²) < 4.78 is 20.0. The van der Waals surface area contributed by atoms with Crippen LogP contribution in [0.5, 0.6) is 5.75 Å². The second kappa shape index (κ2) is 7.58. The zero-order valence-corrected chi connectivity index (χ0v) is 15.0. The minimum Gasteiger partial charge on any atom is -0.482 e. The van der Waals surface area contributed by atoms with Crippen molar-refractivity contribution >= 4 is 23.3 Å². The Labute approximate surface area is 155 Å². The molecule has 0 spiro atoms. The van der Waals surface area contributed by atoms with Crippen LogP contribution in [0.4, 0.5) is 10.2 Å². The van der Waals surface area contributed by atoms with Gasteiger partial charge >= 0.3 is 0 Å². The van der Waals surface area contributed by atoms with Crippen molar-refractivity contribution in [3.63, 3.8) is 0 Å². The molecule has 5 nitrogen and oxygen atoms in total. The molecule has 1 N–H and O–H groups in total. The summed E-state index contributed by atoms with van der Waals surface area (Å²) in [5.41, 5.74) is 2.73. The van der Waals surface area contributed by atoms with Gasteiger partial charge in [-0.2, -0.15) is 5.10 Å². The minimum atomic E-state index is -0.468. The van der Waals surface area contributed by atoms with Crippen molar-refractivity contribution in [2.45, 2.75) is 13.8 Å². The molecule has 1 aromatic heterocycles. The molecule has 3 rings (SSSR count). The van der Waals surface area contributed by atoms with Gasteiger partial charge in [0, 0.05) is 6.07 Å². The van der Waals surface area contributed by atoms with E-state index in [9.17, 15) is 9.18 Å². The molecule has 0 saturated heterocycles. The molecule has 0 atom stereocenters. The van der Waals surface area contributed by atoms with Crippen LogP contribution in [-0.2, 0) is 4.79 Å². The van der Waals surface area contributed by atoms with Gasteiger partial charge in [0.1, 0.15) is 17.4 Å². The highest BCUT2D eigenvalue weighted by atomic mass is 35.5. The topological polar surface area (TPSA) is 56.2 Å². The molecule has 134 valence electrons. The number of aromatic nitrogens is 2. The zero-order valence-electron chi connectivity index (χ0n) is 14.3. The van der Waals surface area contributed by atoms with Gasteiger partial charge in [0.05, 0.1) is 16.4 Å². The molecule has 26 heavy (non-hydrogen) atoms. The Morgan fingerprint density at radius 2 is 1.92 bits per heavy atom. The fourth-order valence-electron chi connectivity index (χ4n) is 2.39. The Kier molecular flexibility index (Phi) is 5.23. The number of ether oxygens (including phenoxy) is 1. The van der Waals surface area contributed by atoms with Gasteiger partial charge in [0.25, 0.3) is 5.91 Å². The number of nitrogens with one attached hydrogen (secondary N) is 1. The average molecular weight is 374 g/mol. The van der Waals surface area contributed by atoms with Crippen molar-refractivity contribution in [1.29, 1.82) is 0 Å². The Hall–Kier alpha value is -2.86. The third kappa shape index (κ3) is 4.21. The molecule has 0 radical (unpaired) electrons. The van der Waals surface area contributed by atoms with Crippen LogP contribution >= 0.6 is 11.6 Å². The van der Waals surface area contributed by atoms with Crippen molar-refractivity contribution in [2.75, 3.05) is 11.9 Å². The maximum atomic E-state index is 13.0. The summed E-state index contributed by atoms with van der Waals surface area (Å²) in [5, 5.41) is 7.28. The first-order valence-electron chi connectivity index (χ1n) is 7.94. The van der Waals surface area contributed by atoms with E-state index in [1.165, 1.54) is 12.1 Å². The second-order valence-electron chi connectivity index (χ2n) is 5.83. The van der Waals surface area contributed by atoms with Crippen molar-refractivity contribution in [3.05, 3.63) is 70.6 Å². The first-order chi connectivity index (χ1) is 12.4. The predicted molar refractivity (Wildman–Crippen MR) is 98.6 cm³/mol. The number of halogens is 2. The molecule has 2 aromatic carbocycles. The number of hydrogen-bond acceptors (Lipinski definition) is 3. The van der Waals surface area contributed by atoms with E-state index in [0.29, 0.717) is 5.82 Å². The van der Waals surface area contributed by atoms with Crippen molar-refractivity contribution in [1.82, 2.24) is 9.78 Å². The SMILES string of the molecule is Cc1ccc(-n2nc(C)cc2NC(=O)COc2ccc(F)cc2Cl)cc1. The van der Waals surface area contributed by atoms with Crippen LogP contribution in [0, 0.1) is 19.7 Å². The Morgan fingerprint density at radius 1 is 1.19 bits per heavy atom. The first kappa shape index (κ1) is 17.9. The number of carbonyl (C=O) groups is 1. The highest BCUT2D eigenvalue weighted by Crippen LogP contribution is 2.25. The van der Waals surface area contributed by atoms with Gasteiger partial charge in [-0.3, -0.25) is 4.79 Å². The molecule has 0 fully saturated rings. The fraction of sp³-hybridized carbons (Fsp3) is 0.158. The largest absolute Gasteiger partial charge is 0.482 e. The average Bonchev–Trinajstić information content (AvgIpc) is 2.95. The van der Waals surface area contributed by atoms with Crippen molar-refractivity contribution in [3.8, 4) is 11.4 Å². The molecule has 0 bridgehead atoms. The lowest BCUT2D eigenvalue weighted by Gasteiger charge is -2.11. The number of benzene rings is 2. The lowest BCUT2D eigenvalue weighted by molar-refractivity contribution is -0.118. The summed E-state index contributed by atoms with van der Waals surface area (Å²) in [6.45, 7) is 3.58. The van der Waals surface area contributed by atoms with Gasteiger partial charge in [0.15, 0.2) is 6.61 Å². The number of carbonyl (C=O) groups excluding carboxylic acids is 1. The Morgan fingerprint density at radius 3 is 2.62 bits per heavy atom. The molecule has 0 unspecified atom stereocenters. The number of anilines is 1. The Balaban J connectivity index is 1.70. The summed E-state index contributed by atoms with van der Waals surface area (Å²) in [4.78, 5) is 12.2. The summed E-state index contributed by atoms with van der Waals surface area (Å²) >= 11 is 5.88. The molecule has 0 aliphatic rings. The quantitative estimate of drug-likeness (QED) is 0.725. The maximum absolute atomic E-state index is 13.0. The number of aryl methyl sites for hydroxylation is 2. The van der Waals surface area contributed by atoms with Gasteiger partial charge < -0.3 is 10.1 Å². The van der Waals surface area contributed by atoms with E-state index in [1.54, 1.807) is 10.7 Å². The van der Waals surface area contributed by atoms with Gasteiger partial charge in [0.2, 0.25) is 0 Å². The van der Waals surface area contributed by atoms with E-state index in [4.69, 9.17) is 16.3 Å². The molecule has 1 heterocycles. The Bertz CT molecular complexity index is 938. The monoisotopic (exact) mass is 373 g/mol. The number of amides is 1. The van der Waals surface area contributed by atoms with Crippen molar-refractivity contribution in [2.24, 2.45) is 0 Å². The van der Waals surface area contributed by atoms with E-state index >= 15 is 0 Å². The van der Waals surface area contributed by atoms with E-state index < -0.39 is 5.82 Å². The van der Waals surface area contributed by atoms with Gasteiger partial charge in [-0.05, 0) is 44.2 Å². The molecule has 1 amide bonds. The highest BCUT2D eigenvalue weighted by molar-refractivity contribution is 6.32. The second-order valence-corrected chi connectivity index (χ2v) is 6.24. The normalized spacial score (nSPS) is 10.6. The van der Waals surface area contributed by atoms with Crippen LogP contribution in [0.15, 0.2) is 48.5 Å². The van der Waals surface area contributed by atoms with Crippen LogP contribution in [0.3, 0.4) is 0 Å². The van der Waals surface area contributed by atoms with E-state index in [-0.39, 0.29) is 23.3 Å². The third-order valence-electron chi connectivity index (χ3n) is 3.63. The number of nitrogens with zero attached hydrogens (tertiary/aromatic N) is 2. The zero-order chi connectivity index (χ0) is 18.7. The summed E-state index contributed by atoms with van der Waals surface area (Å²) in [5.74, 6) is -0.0699. The van der Waals surface area contributed by atoms with Gasteiger partial charge in [-0.1, -0.05) is 29.3 Å². The van der Waals surface area contributed by atoms with Gasteiger partial charge in [-0.25, -0.2) is 9.07 Å². The third-order valence-corrected chi connectivity index (χ3v) is 3.93. The van der Waals surface area contributed by atoms with Crippen LogP contribution < -0.4 is 10.1 Å². The van der Waals surface area contributed by atoms with Crippen LogP contribution in [0.2, 0.25) is 5.02 Å². The number of hydrogen-bond donors (Lipinski definition) is 1. The van der Waals surface area contributed by atoms with Crippen molar-refractivity contribution < 1.29 is 13.9 Å². The molecular formula is C19H17ClFN3O2. The van der Waals surface area contributed by atoms with E-state index in [2.05, 4.69) is 10.4 Å². The maximum Gasteiger partial charge on any atom is 0.263 e. The lowest BCUT2D eigenvalue weighted by atomic mass is 10.2. The molecule has 0 aliphatic carbocycles. The molecule has 3 aromatic rings. The molecular weight excluding hydrogens is 357 g/mol. The molecule has 0 aliphatic heterocycles. The van der Waals surface area contributed by atoms with Crippen LogP contribution in [0.1, 0.15) is 11.3 Å². The van der Waals surface area contributed by atoms with E-state index in [1.807, 2.05) is 38.1 Å². The number of rotatable bonds is 5. The minimum absolute atomic E-state index is 0.110. The van der Waals surface area contributed by atoms with Crippen LogP contribution in [-0.4, -0.2) is 22.3 Å². The smallest absolute Gasteiger partial charge is 0.263 e. The molecule has 7 heteroatoms. The first-order valence-corrected chi connectivity index (χ1v) is 8.31. The summed E-state index contributed by atoms with van der Waals surface area (Å²) in [7, 11) is 0. The standard InChI is InChI=1S/C19H17ClFN3O2/c1-12-3-6-15(7-4-12)24-18(9-13(2)23-24)22-19(25)11-26-17-8-5-14(21)10-16(17)20/h3-10H,11H2,1-2H3,(H,22,25). The fourth-order valence-corrected chi connectivity index (χ4v) is 2.61. The summed E-state index contributed by atoms with van der Waals surface area (Å²) in [6.07, 6.45) is 0. The summed E-state index contributed by atoms with van der Waals surface area (Å²) in [6, 6.07) is 13.3. The highest BCUT2D eigenvalue weighted by Gasteiger charge is 2.12. The predicted octanol–water partition coefficient (Wildman–Crippen LogP) is 4.30. The van der Waals surface area contributed by atoms with E-state index in [0.717, 1.165) is 23.0 Å². The van der Waals surface area contributed by atoms with Crippen LogP contribution in [0.25, 0.3) is 5.69 Å². The molecule has 0 saturated carbocycles.